The van der Waals surface area contributed by atoms with Crippen LogP contribution in [0.2, 0.25) is 0 Å². The molecule has 2 heterocycles. The summed E-state index contributed by atoms with van der Waals surface area (Å²) in [6.45, 7) is 6.30. The molecule has 1 fully saturated rings. The molecule has 1 aromatic heterocycles. The maximum atomic E-state index is 12.3. The molecular formula is C13H17BrN2O2S. The summed E-state index contributed by atoms with van der Waals surface area (Å²) in [4.78, 5) is 28.6. The first-order valence-corrected chi connectivity index (χ1v) is 7.99. The van der Waals surface area contributed by atoms with Gasteiger partial charge in [-0.3, -0.25) is 9.59 Å². The van der Waals surface area contributed by atoms with Crippen LogP contribution in [0.4, 0.5) is 0 Å². The van der Waals surface area contributed by atoms with Crippen LogP contribution >= 0.6 is 27.3 Å². The Morgan fingerprint density at radius 1 is 1.21 bits per heavy atom. The van der Waals surface area contributed by atoms with Gasteiger partial charge in [0.25, 0.3) is 5.91 Å². The maximum absolute atomic E-state index is 12.3. The van der Waals surface area contributed by atoms with Gasteiger partial charge in [-0.15, -0.1) is 11.3 Å². The number of rotatable bonds is 2. The number of thiophene rings is 1. The van der Waals surface area contributed by atoms with Gasteiger partial charge in [-0.2, -0.15) is 0 Å². The van der Waals surface area contributed by atoms with Crippen LogP contribution in [0, 0.1) is 5.92 Å². The third-order valence-corrected chi connectivity index (χ3v) is 5.01. The number of carbonyl (C=O) groups is 2. The second-order valence-electron chi connectivity index (χ2n) is 4.87. The van der Waals surface area contributed by atoms with E-state index in [9.17, 15) is 9.59 Å². The Kier molecular flexibility index (Phi) is 4.62. The van der Waals surface area contributed by atoms with Crippen molar-refractivity contribution in [3.63, 3.8) is 0 Å². The van der Waals surface area contributed by atoms with E-state index in [1.165, 1.54) is 11.3 Å². The number of halogens is 1. The van der Waals surface area contributed by atoms with E-state index in [-0.39, 0.29) is 17.7 Å². The van der Waals surface area contributed by atoms with Crippen molar-refractivity contribution in [1.29, 1.82) is 0 Å². The molecule has 0 aromatic carbocycles. The van der Waals surface area contributed by atoms with Crippen LogP contribution in [0.15, 0.2) is 15.9 Å². The van der Waals surface area contributed by atoms with E-state index in [1.54, 1.807) is 0 Å². The van der Waals surface area contributed by atoms with Gasteiger partial charge in [0, 0.05) is 36.6 Å². The topological polar surface area (TPSA) is 40.6 Å². The summed E-state index contributed by atoms with van der Waals surface area (Å²) in [7, 11) is 0. The molecule has 1 aromatic rings. The third kappa shape index (κ3) is 3.17. The van der Waals surface area contributed by atoms with E-state index >= 15 is 0 Å². The number of hydrogen-bond acceptors (Lipinski definition) is 3. The fraction of sp³-hybridized carbons (Fsp3) is 0.538. The average Bonchev–Trinajstić information content (AvgIpc) is 2.83. The number of hydrogen-bond donors (Lipinski definition) is 0. The lowest BCUT2D eigenvalue weighted by molar-refractivity contribution is -0.135. The van der Waals surface area contributed by atoms with Crippen LogP contribution in [-0.2, 0) is 4.79 Å². The number of nitrogens with zero attached hydrogens (tertiary/aromatic N) is 2. The van der Waals surface area contributed by atoms with E-state index in [1.807, 2.05) is 35.1 Å². The normalized spacial score (nSPS) is 16.0. The SMILES string of the molecule is CC(C)C(=O)N1CCN(C(=O)c2sccc2Br)CC1. The van der Waals surface area contributed by atoms with E-state index < -0.39 is 0 Å². The first-order chi connectivity index (χ1) is 9.00. The van der Waals surface area contributed by atoms with Crippen molar-refractivity contribution >= 4 is 39.1 Å². The number of amides is 2. The summed E-state index contributed by atoms with van der Waals surface area (Å²) in [6, 6.07) is 1.89. The average molecular weight is 345 g/mol. The Labute approximate surface area is 125 Å². The molecule has 0 N–H and O–H groups in total. The molecule has 6 heteroatoms. The highest BCUT2D eigenvalue weighted by molar-refractivity contribution is 9.10. The summed E-state index contributed by atoms with van der Waals surface area (Å²) in [5.41, 5.74) is 0. The molecule has 0 unspecified atom stereocenters. The molecule has 1 aliphatic heterocycles. The van der Waals surface area contributed by atoms with Gasteiger partial charge in [-0.25, -0.2) is 0 Å². The molecule has 0 radical (unpaired) electrons. The summed E-state index contributed by atoms with van der Waals surface area (Å²) in [6.07, 6.45) is 0. The van der Waals surface area contributed by atoms with Crippen molar-refractivity contribution in [2.75, 3.05) is 26.2 Å². The van der Waals surface area contributed by atoms with Crippen LogP contribution < -0.4 is 0 Å². The fourth-order valence-electron chi connectivity index (χ4n) is 2.09. The molecule has 19 heavy (non-hydrogen) atoms. The Bertz CT molecular complexity index is 479. The minimum absolute atomic E-state index is 0.0219. The molecule has 1 saturated heterocycles. The summed E-state index contributed by atoms with van der Waals surface area (Å²) < 4.78 is 0.850. The van der Waals surface area contributed by atoms with Gasteiger partial charge >= 0.3 is 0 Å². The fourth-order valence-corrected chi connectivity index (χ4v) is 3.59. The number of carbonyl (C=O) groups excluding carboxylic acids is 2. The smallest absolute Gasteiger partial charge is 0.265 e. The van der Waals surface area contributed by atoms with Gasteiger partial charge in [-0.1, -0.05) is 13.8 Å². The van der Waals surface area contributed by atoms with E-state index in [2.05, 4.69) is 15.9 Å². The number of piperazine rings is 1. The predicted octanol–water partition coefficient (Wildman–Crippen LogP) is 2.45. The molecule has 2 amide bonds. The Hall–Kier alpha value is -0.880. The molecule has 0 aliphatic carbocycles. The highest BCUT2D eigenvalue weighted by Crippen LogP contribution is 2.24. The van der Waals surface area contributed by atoms with Crippen molar-refractivity contribution in [3.05, 3.63) is 20.8 Å². The molecule has 104 valence electrons. The second-order valence-corrected chi connectivity index (χ2v) is 6.64. The van der Waals surface area contributed by atoms with Crippen LogP contribution in [0.5, 0.6) is 0 Å². The summed E-state index contributed by atoms with van der Waals surface area (Å²) >= 11 is 4.83. The highest BCUT2D eigenvalue weighted by Gasteiger charge is 2.27. The van der Waals surface area contributed by atoms with E-state index in [4.69, 9.17) is 0 Å². The maximum Gasteiger partial charge on any atom is 0.265 e. The predicted molar refractivity (Wildman–Crippen MR) is 79.3 cm³/mol. The largest absolute Gasteiger partial charge is 0.339 e. The van der Waals surface area contributed by atoms with Gasteiger partial charge in [-0.05, 0) is 27.4 Å². The van der Waals surface area contributed by atoms with Gasteiger partial charge < -0.3 is 9.80 Å². The molecule has 1 aliphatic rings. The zero-order chi connectivity index (χ0) is 14.0. The molecule has 0 saturated carbocycles. The molecule has 0 spiro atoms. The van der Waals surface area contributed by atoms with Crippen molar-refractivity contribution < 1.29 is 9.59 Å². The molecular weight excluding hydrogens is 328 g/mol. The molecule has 2 rings (SSSR count). The van der Waals surface area contributed by atoms with Gasteiger partial charge in [0.1, 0.15) is 4.88 Å². The zero-order valence-corrected chi connectivity index (χ0v) is 13.5. The first-order valence-electron chi connectivity index (χ1n) is 6.31. The van der Waals surface area contributed by atoms with Crippen molar-refractivity contribution in [1.82, 2.24) is 9.80 Å². The summed E-state index contributed by atoms with van der Waals surface area (Å²) in [5, 5.41) is 1.90. The van der Waals surface area contributed by atoms with Gasteiger partial charge in [0.2, 0.25) is 5.91 Å². The van der Waals surface area contributed by atoms with Crippen LogP contribution in [-0.4, -0.2) is 47.8 Å². The Morgan fingerprint density at radius 3 is 2.26 bits per heavy atom. The monoisotopic (exact) mass is 344 g/mol. The Balaban J connectivity index is 1.95. The minimum Gasteiger partial charge on any atom is -0.339 e. The van der Waals surface area contributed by atoms with Crippen LogP contribution in [0.1, 0.15) is 23.5 Å². The second kappa shape index (κ2) is 6.05. The first kappa shape index (κ1) is 14.5. The summed E-state index contributed by atoms with van der Waals surface area (Å²) in [5.74, 6) is 0.247. The van der Waals surface area contributed by atoms with Crippen LogP contribution in [0.3, 0.4) is 0 Å². The molecule has 0 atom stereocenters. The molecule has 0 bridgehead atoms. The van der Waals surface area contributed by atoms with Crippen molar-refractivity contribution in [2.45, 2.75) is 13.8 Å². The lowest BCUT2D eigenvalue weighted by Crippen LogP contribution is -2.51. The zero-order valence-electron chi connectivity index (χ0n) is 11.1. The Morgan fingerprint density at radius 2 is 1.79 bits per heavy atom. The van der Waals surface area contributed by atoms with E-state index in [0.717, 1.165) is 9.35 Å². The lowest BCUT2D eigenvalue weighted by atomic mass is 10.1. The van der Waals surface area contributed by atoms with Crippen molar-refractivity contribution in [2.24, 2.45) is 5.92 Å². The lowest BCUT2D eigenvalue weighted by Gasteiger charge is -2.35. The molecule has 4 nitrogen and oxygen atoms in total. The van der Waals surface area contributed by atoms with Gasteiger partial charge in [0.05, 0.1) is 0 Å². The van der Waals surface area contributed by atoms with Crippen LogP contribution in [0.25, 0.3) is 0 Å². The highest BCUT2D eigenvalue weighted by atomic mass is 79.9. The van der Waals surface area contributed by atoms with E-state index in [0.29, 0.717) is 26.2 Å². The third-order valence-electron chi connectivity index (χ3n) is 3.18. The standard InChI is InChI=1S/C13H17BrN2O2S/c1-9(2)12(17)15-4-6-16(7-5-15)13(18)11-10(14)3-8-19-11/h3,8-9H,4-7H2,1-2H3. The minimum atomic E-state index is 0.0219. The van der Waals surface area contributed by atoms with Gasteiger partial charge in [0.15, 0.2) is 0 Å². The quantitative estimate of drug-likeness (QED) is 0.826. The van der Waals surface area contributed by atoms with Crippen molar-refractivity contribution in [3.8, 4) is 0 Å².